The zero-order valence-corrected chi connectivity index (χ0v) is 13.6. The Bertz CT molecular complexity index is 985. The van der Waals surface area contributed by atoms with Gasteiger partial charge in [0.2, 0.25) is 0 Å². The Morgan fingerprint density at radius 3 is 2.84 bits per heavy atom. The molecule has 1 aliphatic carbocycles. The summed E-state index contributed by atoms with van der Waals surface area (Å²) in [4.78, 5) is 32.8. The number of hydrogen-bond donors (Lipinski definition) is 2. The largest absolute Gasteiger partial charge is 0.365 e. The first-order valence-corrected chi connectivity index (χ1v) is 7.92. The van der Waals surface area contributed by atoms with E-state index in [1.807, 2.05) is 12.1 Å². The Labute approximate surface area is 143 Å². The van der Waals surface area contributed by atoms with Crippen LogP contribution in [0.25, 0.3) is 5.65 Å². The number of amides is 2. The first-order chi connectivity index (χ1) is 12.0. The van der Waals surface area contributed by atoms with Gasteiger partial charge in [-0.1, -0.05) is 6.07 Å². The molecule has 1 atom stereocenters. The Hall–Kier alpha value is -3.29. The lowest BCUT2D eigenvalue weighted by Gasteiger charge is -2.12. The average molecular weight is 336 g/mol. The average Bonchev–Trinajstić information content (AvgIpc) is 3.13. The maximum absolute atomic E-state index is 12.7. The third kappa shape index (κ3) is 2.51. The number of carbonyl (C=O) groups excluding carboxylic acids is 2. The van der Waals surface area contributed by atoms with Crippen LogP contribution in [0, 0.1) is 6.92 Å². The third-order valence-electron chi connectivity index (χ3n) is 4.40. The molecule has 1 unspecified atom stereocenters. The third-order valence-corrected chi connectivity index (χ3v) is 4.40. The van der Waals surface area contributed by atoms with Gasteiger partial charge in [0.25, 0.3) is 11.8 Å². The zero-order chi connectivity index (χ0) is 17.6. The van der Waals surface area contributed by atoms with E-state index < -0.39 is 5.91 Å². The second-order valence-corrected chi connectivity index (χ2v) is 6.08. The van der Waals surface area contributed by atoms with Crippen LogP contribution < -0.4 is 11.1 Å². The molecule has 25 heavy (non-hydrogen) atoms. The number of hydrogen-bond acceptors (Lipinski definition) is 5. The molecule has 0 fully saturated rings. The number of pyridine rings is 1. The summed E-state index contributed by atoms with van der Waals surface area (Å²) in [5, 5.41) is 7.26. The van der Waals surface area contributed by atoms with E-state index in [0.717, 1.165) is 17.7 Å². The normalized spacial score (nSPS) is 16.0. The van der Waals surface area contributed by atoms with Crippen molar-refractivity contribution in [3.8, 4) is 0 Å². The number of carbonyl (C=O) groups is 2. The lowest BCUT2D eigenvalue weighted by atomic mass is 10.2. The molecule has 3 aromatic rings. The number of aryl methyl sites for hydroxylation is 1. The Kier molecular flexibility index (Phi) is 3.45. The van der Waals surface area contributed by atoms with Gasteiger partial charge in [0.05, 0.1) is 5.69 Å². The van der Waals surface area contributed by atoms with Gasteiger partial charge in [-0.15, -0.1) is 0 Å². The molecule has 0 saturated carbocycles. The molecule has 0 bridgehead atoms. The Balaban J connectivity index is 1.63. The first kappa shape index (κ1) is 15.3. The fourth-order valence-electron chi connectivity index (χ4n) is 3.29. The molecule has 4 rings (SSSR count). The van der Waals surface area contributed by atoms with Crippen LogP contribution in [-0.4, -0.2) is 37.4 Å². The van der Waals surface area contributed by atoms with Crippen LogP contribution in [0.3, 0.4) is 0 Å². The fourth-order valence-corrected chi connectivity index (χ4v) is 3.29. The van der Waals surface area contributed by atoms with E-state index >= 15 is 0 Å². The van der Waals surface area contributed by atoms with Crippen molar-refractivity contribution in [3.05, 3.63) is 58.8 Å². The molecule has 3 N–H and O–H groups in total. The molecule has 126 valence electrons. The Morgan fingerprint density at radius 2 is 2.08 bits per heavy atom. The number of rotatable bonds is 3. The van der Waals surface area contributed by atoms with Crippen molar-refractivity contribution < 1.29 is 9.59 Å². The highest BCUT2D eigenvalue weighted by Crippen LogP contribution is 2.20. The summed E-state index contributed by atoms with van der Waals surface area (Å²) in [6.45, 7) is 1.66. The quantitative estimate of drug-likeness (QED) is 0.719. The number of fused-ring (bicyclic) bond motifs is 2. The van der Waals surface area contributed by atoms with Crippen molar-refractivity contribution >= 4 is 17.5 Å². The number of nitrogens with one attached hydrogen (secondary N) is 1. The van der Waals surface area contributed by atoms with E-state index in [0.29, 0.717) is 17.8 Å². The van der Waals surface area contributed by atoms with Crippen molar-refractivity contribution in [2.45, 2.75) is 25.8 Å². The minimum absolute atomic E-state index is 0.0205. The van der Waals surface area contributed by atoms with Gasteiger partial charge in [-0.2, -0.15) is 5.10 Å². The van der Waals surface area contributed by atoms with Crippen LogP contribution in [0.5, 0.6) is 0 Å². The predicted octanol–water partition coefficient (Wildman–Crippen LogP) is 0.429. The van der Waals surface area contributed by atoms with Crippen LogP contribution in [0.15, 0.2) is 30.6 Å². The summed E-state index contributed by atoms with van der Waals surface area (Å²) in [5.41, 5.74) is 8.82. The van der Waals surface area contributed by atoms with Crippen molar-refractivity contribution in [1.29, 1.82) is 0 Å². The van der Waals surface area contributed by atoms with Crippen LogP contribution >= 0.6 is 0 Å². The minimum atomic E-state index is -0.616. The molecule has 0 radical (unpaired) electrons. The van der Waals surface area contributed by atoms with Gasteiger partial charge < -0.3 is 11.1 Å². The van der Waals surface area contributed by atoms with Gasteiger partial charge in [-0.3, -0.25) is 14.6 Å². The summed E-state index contributed by atoms with van der Waals surface area (Å²) in [6, 6.07) is 5.47. The molecular formula is C17H16N6O2. The van der Waals surface area contributed by atoms with Crippen molar-refractivity contribution in [2.75, 3.05) is 0 Å². The van der Waals surface area contributed by atoms with E-state index in [1.54, 1.807) is 19.2 Å². The first-order valence-electron chi connectivity index (χ1n) is 7.92. The lowest BCUT2D eigenvalue weighted by Crippen LogP contribution is -2.36. The summed E-state index contributed by atoms with van der Waals surface area (Å²) in [5.74, 6) is -0.890. The SMILES string of the molecule is Cc1nn2c(C(=O)NC3Cc4cccnc4C3)ccnc2c1C(N)=O. The van der Waals surface area contributed by atoms with Gasteiger partial charge in [0.1, 0.15) is 11.3 Å². The number of aromatic nitrogens is 4. The zero-order valence-electron chi connectivity index (χ0n) is 13.6. The molecule has 3 aromatic heterocycles. The highest BCUT2D eigenvalue weighted by atomic mass is 16.2. The van der Waals surface area contributed by atoms with Crippen LogP contribution in [0.4, 0.5) is 0 Å². The second-order valence-electron chi connectivity index (χ2n) is 6.08. The maximum Gasteiger partial charge on any atom is 0.270 e. The second kappa shape index (κ2) is 5.66. The van der Waals surface area contributed by atoms with Gasteiger partial charge >= 0.3 is 0 Å². The molecule has 3 heterocycles. The smallest absolute Gasteiger partial charge is 0.270 e. The monoisotopic (exact) mass is 336 g/mol. The van der Waals surface area contributed by atoms with Crippen LogP contribution in [-0.2, 0) is 12.8 Å². The van der Waals surface area contributed by atoms with Crippen molar-refractivity contribution in [3.63, 3.8) is 0 Å². The number of nitrogens with two attached hydrogens (primary N) is 1. The predicted molar refractivity (Wildman–Crippen MR) is 89.1 cm³/mol. The summed E-state index contributed by atoms with van der Waals surface area (Å²) in [7, 11) is 0. The Morgan fingerprint density at radius 1 is 1.24 bits per heavy atom. The standard InChI is InChI=1S/C17H16N6O2/c1-9-14(15(18)24)16-20-6-4-13(23(16)22-9)17(25)21-11-7-10-3-2-5-19-12(10)8-11/h2-6,11H,7-8H2,1H3,(H2,18,24)(H,21,25). The van der Waals surface area contributed by atoms with Crippen LogP contribution in [0.2, 0.25) is 0 Å². The van der Waals surface area contributed by atoms with E-state index in [1.165, 1.54) is 10.7 Å². The lowest BCUT2D eigenvalue weighted by molar-refractivity contribution is 0.0929. The van der Waals surface area contributed by atoms with Gasteiger partial charge in [0, 0.05) is 30.6 Å². The number of primary amides is 1. The molecule has 0 spiro atoms. The van der Waals surface area contributed by atoms with Crippen LogP contribution in [0.1, 0.15) is 37.8 Å². The summed E-state index contributed by atoms with van der Waals surface area (Å²) < 4.78 is 1.37. The van der Waals surface area contributed by atoms with E-state index in [4.69, 9.17) is 5.73 Å². The van der Waals surface area contributed by atoms with Crippen molar-refractivity contribution in [1.82, 2.24) is 24.9 Å². The van der Waals surface area contributed by atoms with Gasteiger partial charge in [-0.25, -0.2) is 9.50 Å². The maximum atomic E-state index is 12.7. The van der Waals surface area contributed by atoms with E-state index in [9.17, 15) is 9.59 Å². The van der Waals surface area contributed by atoms with Crippen molar-refractivity contribution in [2.24, 2.45) is 5.73 Å². The number of nitrogens with zero attached hydrogens (tertiary/aromatic N) is 4. The minimum Gasteiger partial charge on any atom is -0.365 e. The van der Waals surface area contributed by atoms with E-state index in [2.05, 4.69) is 20.4 Å². The van der Waals surface area contributed by atoms with E-state index in [-0.39, 0.29) is 23.2 Å². The molecule has 2 amide bonds. The summed E-state index contributed by atoms with van der Waals surface area (Å²) in [6.07, 6.45) is 4.67. The summed E-state index contributed by atoms with van der Waals surface area (Å²) >= 11 is 0. The molecule has 0 saturated heterocycles. The van der Waals surface area contributed by atoms with Gasteiger partial charge in [0.15, 0.2) is 5.65 Å². The highest BCUT2D eigenvalue weighted by Gasteiger charge is 2.26. The molecule has 0 aliphatic heterocycles. The highest BCUT2D eigenvalue weighted by molar-refractivity contribution is 6.01. The fraction of sp³-hybridized carbons (Fsp3) is 0.235. The van der Waals surface area contributed by atoms with Gasteiger partial charge in [-0.05, 0) is 31.0 Å². The molecule has 8 heteroatoms. The topological polar surface area (TPSA) is 115 Å². The molecule has 0 aromatic carbocycles. The molecule has 1 aliphatic rings. The molecule has 8 nitrogen and oxygen atoms in total. The molecular weight excluding hydrogens is 320 g/mol.